The maximum absolute atomic E-state index is 13.8. The first-order valence-corrected chi connectivity index (χ1v) is 8.01. The number of aromatic nitrogens is 1. The Morgan fingerprint density at radius 3 is 2.79 bits per heavy atom. The second kappa shape index (κ2) is 6.86. The summed E-state index contributed by atoms with van der Waals surface area (Å²) in [7, 11) is 0. The molecule has 1 amide bonds. The normalized spacial score (nSPS) is 15.0. The van der Waals surface area contributed by atoms with Crippen molar-refractivity contribution >= 4 is 11.8 Å². The number of hydrogen-bond acceptors (Lipinski definition) is 2. The molecule has 0 aliphatic heterocycles. The molecule has 1 aromatic carbocycles. The van der Waals surface area contributed by atoms with Crippen molar-refractivity contribution in [2.24, 2.45) is 5.92 Å². The van der Waals surface area contributed by atoms with E-state index in [0.29, 0.717) is 11.5 Å². The van der Waals surface area contributed by atoms with E-state index in [2.05, 4.69) is 5.32 Å². The molecule has 5 nitrogen and oxygen atoms in total. The summed E-state index contributed by atoms with van der Waals surface area (Å²) in [5.74, 6) is 0.0616. The van der Waals surface area contributed by atoms with E-state index in [0.717, 1.165) is 12.8 Å². The van der Waals surface area contributed by atoms with Crippen molar-refractivity contribution in [3.8, 4) is 0 Å². The first kappa shape index (κ1) is 16.2. The zero-order chi connectivity index (χ0) is 17.1. The van der Waals surface area contributed by atoms with Crippen LogP contribution in [0, 0.1) is 11.7 Å². The fourth-order valence-electron chi connectivity index (χ4n) is 2.92. The van der Waals surface area contributed by atoms with Crippen LogP contribution >= 0.6 is 0 Å². The zero-order valence-electron chi connectivity index (χ0n) is 13.1. The number of benzene rings is 1. The Balaban J connectivity index is 1.96. The van der Waals surface area contributed by atoms with Crippen LogP contribution in [-0.2, 0) is 0 Å². The van der Waals surface area contributed by atoms with Crippen LogP contribution in [0.3, 0.4) is 0 Å². The lowest BCUT2D eigenvalue weighted by atomic mass is 9.99. The van der Waals surface area contributed by atoms with Gasteiger partial charge in [-0.05, 0) is 42.5 Å². The summed E-state index contributed by atoms with van der Waals surface area (Å²) in [6.07, 6.45) is 4.57. The van der Waals surface area contributed by atoms with Crippen LogP contribution in [0.1, 0.15) is 37.3 Å². The first-order valence-electron chi connectivity index (χ1n) is 8.01. The predicted octanol–water partition coefficient (Wildman–Crippen LogP) is 3.86. The van der Waals surface area contributed by atoms with Gasteiger partial charge in [0.2, 0.25) is 0 Å². The number of anilines is 1. The Hall–Kier alpha value is -2.63. The van der Waals surface area contributed by atoms with Crippen LogP contribution in [0.25, 0.3) is 0 Å². The molecule has 2 aromatic rings. The molecule has 0 saturated heterocycles. The molecule has 126 valence electrons. The van der Waals surface area contributed by atoms with Crippen LogP contribution in [0.15, 0.2) is 47.4 Å². The number of hydrogen-bond donors (Lipinski definition) is 2. The van der Waals surface area contributed by atoms with Crippen LogP contribution in [0.2, 0.25) is 0 Å². The van der Waals surface area contributed by atoms with Crippen molar-refractivity contribution in [3.05, 3.63) is 64.3 Å². The highest BCUT2D eigenvalue weighted by atomic mass is 19.1. The molecule has 1 aliphatic rings. The second-order valence-electron chi connectivity index (χ2n) is 6.15. The third-order valence-electron chi connectivity index (χ3n) is 4.35. The molecule has 1 unspecified atom stereocenters. The van der Waals surface area contributed by atoms with Gasteiger partial charge in [-0.2, -0.15) is 0 Å². The van der Waals surface area contributed by atoms with Gasteiger partial charge in [-0.1, -0.05) is 25.0 Å². The standard InChI is InChI=1S/C18H19FN2O3/c19-14-8-7-13(11-15(14)20-18(23)24)16(9-6-12-4-5-12)21-10-2-1-3-17(21)22/h1-3,7-8,10-12,16,20H,4-6,9H2,(H,23,24). The van der Waals surface area contributed by atoms with Gasteiger partial charge >= 0.3 is 6.09 Å². The topological polar surface area (TPSA) is 71.3 Å². The van der Waals surface area contributed by atoms with E-state index in [9.17, 15) is 14.0 Å². The van der Waals surface area contributed by atoms with Crippen LogP contribution in [0.5, 0.6) is 0 Å². The minimum absolute atomic E-state index is 0.0968. The summed E-state index contributed by atoms with van der Waals surface area (Å²) in [6, 6.07) is 9.03. The number of pyridine rings is 1. The fraction of sp³-hybridized carbons (Fsp3) is 0.333. The lowest BCUT2D eigenvalue weighted by molar-refractivity contribution is 0.209. The van der Waals surface area contributed by atoms with E-state index in [1.165, 1.54) is 31.0 Å². The summed E-state index contributed by atoms with van der Waals surface area (Å²) in [6.45, 7) is 0. The van der Waals surface area contributed by atoms with Gasteiger partial charge in [-0.15, -0.1) is 0 Å². The van der Waals surface area contributed by atoms with Crippen molar-refractivity contribution in [1.82, 2.24) is 4.57 Å². The SMILES string of the molecule is O=C(O)Nc1cc(C(CCC2CC2)n2ccccc2=O)ccc1F. The van der Waals surface area contributed by atoms with Gasteiger partial charge in [-0.25, -0.2) is 9.18 Å². The third-order valence-corrected chi connectivity index (χ3v) is 4.35. The van der Waals surface area contributed by atoms with E-state index in [1.807, 2.05) is 0 Å². The summed E-state index contributed by atoms with van der Waals surface area (Å²) in [5, 5.41) is 10.9. The Kier molecular flexibility index (Phi) is 4.64. The van der Waals surface area contributed by atoms with Gasteiger partial charge in [0.05, 0.1) is 11.7 Å². The van der Waals surface area contributed by atoms with E-state index >= 15 is 0 Å². The highest BCUT2D eigenvalue weighted by Crippen LogP contribution is 2.37. The predicted molar refractivity (Wildman–Crippen MR) is 88.8 cm³/mol. The van der Waals surface area contributed by atoms with E-state index in [1.54, 1.807) is 29.0 Å². The number of nitrogens with zero attached hydrogens (tertiary/aromatic N) is 1. The Morgan fingerprint density at radius 2 is 2.12 bits per heavy atom. The molecule has 0 spiro atoms. The zero-order valence-corrected chi connectivity index (χ0v) is 13.1. The van der Waals surface area contributed by atoms with E-state index in [-0.39, 0.29) is 17.3 Å². The van der Waals surface area contributed by atoms with Gasteiger partial charge in [0.25, 0.3) is 5.56 Å². The largest absolute Gasteiger partial charge is 0.465 e. The average molecular weight is 330 g/mol. The number of nitrogens with one attached hydrogen (secondary N) is 1. The molecule has 0 radical (unpaired) electrons. The average Bonchev–Trinajstić information content (AvgIpc) is 3.36. The number of carboxylic acid groups (broad SMARTS) is 1. The highest BCUT2D eigenvalue weighted by Gasteiger charge is 2.24. The minimum atomic E-state index is -1.32. The van der Waals surface area contributed by atoms with Crippen molar-refractivity contribution in [3.63, 3.8) is 0 Å². The third kappa shape index (κ3) is 3.82. The van der Waals surface area contributed by atoms with Crippen molar-refractivity contribution in [2.75, 3.05) is 5.32 Å². The van der Waals surface area contributed by atoms with Crippen LogP contribution < -0.4 is 10.9 Å². The molecule has 1 heterocycles. The molecule has 0 bridgehead atoms. The van der Waals surface area contributed by atoms with E-state index < -0.39 is 11.9 Å². The molecule has 6 heteroatoms. The summed E-state index contributed by atoms with van der Waals surface area (Å²) < 4.78 is 15.4. The smallest absolute Gasteiger partial charge is 0.409 e. The van der Waals surface area contributed by atoms with Crippen molar-refractivity contribution in [1.29, 1.82) is 0 Å². The van der Waals surface area contributed by atoms with Gasteiger partial charge in [0.1, 0.15) is 5.82 Å². The molecule has 3 rings (SSSR count). The molecule has 1 fully saturated rings. The van der Waals surface area contributed by atoms with Gasteiger partial charge in [0.15, 0.2) is 0 Å². The number of rotatable bonds is 6. The maximum atomic E-state index is 13.8. The Bertz CT molecular complexity index is 799. The quantitative estimate of drug-likeness (QED) is 0.845. The second-order valence-corrected chi connectivity index (χ2v) is 6.15. The van der Waals surface area contributed by atoms with Crippen molar-refractivity contribution in [2.45, 2.75) is 31.7 Å². The highest BCUT2D eigenvalue weighted by molar-refractivity contribution is 5.83. The maximum Gasteiger partial charge on any atom is 0.409 e. The molecule has 1 aliphatic carbocycles. The number of halogens is 1. The Morgan fingerprint density at radius 1 is 1.33 bits per heavy atom. The van der Waals surface area contributed by atoms with Gasteiger partial charge < -0.3 is 9.67 Å². The summed E-state index contributed by atoms with van der Waals surface area (Å²) in [5.41, 5.74) is 0.491. The first-order chi connectivity index (χ1) is 11.5. The van der Waals surface area contributed by atoms with Crippen molar-refractivity contribution < 1.29 is 14.3 Å². The molecule has 1 saturated carbocycles. The molecule has 1 atom stereocenters. The summed E-state index contributed by atoms with van der Waals surface area (Å²) in [4.78, 5) is 23.0. The number of amides is 1. The lowest BCUT2D eigenvalue weighted by Crippen LogP contribution is -2.24. The van der Waals surface area contributed by atoms with E-state index in [4.69, 9.17) is 5.11 Å². The lowest BCUT2D eigenvalue weighted by Gasteiger charge is -2.21. The number of carbonyl (C=O) groups is 1. The van der Waals surface area contributed by atoms with Gasteiger partial charge in [-0.3, -0.25) is 10.1 Å². The molecule has 2 N–H and O–H groups in total. The van der Waals surface area contributed by atoms with Crippen LogP contribution in [0.4, 0.5) is 14.9 Å². The Labute approximate surface area is 138 Å². The fourth-order valence-corrected chi connectivity index (χ4v) is 2.92. The monoisotopic (exact) mass is 330 g/mol. The summed E-state index contributed by atoms with van der Waals surface area (Å²) >= 11 is 0. The van der Waals surface area contributed by atoms with Gasteiger partial charge in [0, 0.05) is 12.3 Å². The molecular weight excluding hydrogens is 311 g/mol. The molecule has 1 aromatic heterocycles. The van der Waals surface area contributed by atoms with Crippen LogP contribution in [-0.4, -0.2) is 15.8 Å². The molecule has 24 heavy (non-hydrogen) atoms. The minimum Gasteiger partial charge on any atom is -0.465 e. The molecular formula is C18H19FN2O3.